The Hall–Kier alpha value is -0.410. The molecule has 0 amide bonds. The summed E-state index contributed by atoms with van der Waals surface area (Å²) in [6.45, 7) is 2.01. The second-order valence-corrected chi connectivity index (χ2v) is 5.02. The zero-order valence-electron chi connectivity index (χ0n) is 9.67. The maximum atomic E-state index is 11.0. The molecule has 1 fully saturated rings. The van der Waals surface area contributed by atoms with Gasteiger partial charge in [-0.3, -0.25) is 0 Å². The normalized spacial score (nSPS) is 26.1. The molecule has 0 saturated heterocycles. The third-order valence-electron chi connectivity index (χ3n) is 4.00. The minimum Gasteiger partial charge on any atom is -0.382 e. The molecule has 0 heterocycles. The first-order valence-electron chi connectivity index (χ1n) is 5.97. The second kappa shape index (κ2) is 5.08. The molecular formula is C12H23NO2. The van der Waals surface area contributed by atoms with E-state index in [-0.39, 0.29) is 0 Å². The van der Waals surface area contributed by atoms with Crippen molar-refractivity contribution < 1.29 is 9.90 Å². The number of nitrogens with two attached hydrogens (primary N) is 1. The molecule has 0 aromatic rings. The minimum absolute atomic E-state index is 0.394. The third-order valence-corrected chi connectivity index (χ3v) is 4.00. The number of carbonyl (C=O) groups excluding carboxylic acids is 1. The van der Waals surface area contributed by atoms with Crippen molar-refractivity contribution in [2.24, 2.45) is 11.1 Å². The van der Waals surface area contributed by atoms with Crippen molar-refractivity contribution in [1.82, 2.24) is 0 Å². The lowest BCUT2D eigenvalue weighted by molar-refractivity contribution is -0.139. The van der Waals surface area contributed by atoms with Crippen molar-refractivity contribution >= 4 is 6.29 Å². The molecule has 0 bridgehead atoms. The van der Waals surface area contributed by atoms with E-state index in [4.69, 9.17) is 5.73 Å². The van der Waals surface area contributed by atoms with Gasteiger partial charge in [-0.1, -0.05) is 32.1 Å². The van der Waals surface area contributed by atoms with Crippen LogP contribution in [0.5, 0.6) is 0 Å². The lowest BCUT2D eigenvalue weighted by Gasteiger charge is -2.42. The number of aliphatic hydroxyl groups is 1. The van der Waals surface area contributed by atoms with E-state index in [9.17, 15) is 9.90 Å². The van der Waals surface area contributed by atoms with Gasteiger partial charge in [-0.2, -0.15) is 0 Å². The van der Waals surface area contributed by atoms with E-state index in [2.05, 4.69) is 0 Å². The Bertz CT molecular complexity index is 206. The highest BCUT2D eigenvalue weighted by Gasteiger charge is 2.45. The summed E-state index contributed by atoms with van der Waals surface area (Å²) in [6.07, 6.45) is 8.20. The molecule has 1 atom stereocenters. The van der Waals surface area contributed by atoms with Gasteiger partial charge >= 0.3 is 0 Å². The predicted octanol–water partition coefficient (Wildman–Crippen LogP) is 1.63. The molecule has 0 radical (unpaired) electrons. The molecule has 0 aromatic carbocycles. The minimum atomic E-state index is -1.26. The Labute approximate surface area is 92.0 Å². The van der Waals surface area contributed by atoms with Gasteiger partial charge < -0.3 is 15.6 Å². The average Bonchev–Trinajstić information content (AvgIpc) is 2.18. The van der Waals surface area contributed by atoms with Crippen molar-refractivity contribution in [2.45, 2.75) is 57.5 Å². The molecule has 3 heteroatoms. The molecule has 3 nitrogen and oxygen atoms in total. The van der Waals surface area contributed by atoms with Crippen LogP contribution in [0.3, 0.4) is 0 Å². The van der Waals surface area contributed by atoms with Gasteiger partial charge in [0, 0.05) is 12.0 Å². The summed E-state index contributed by atoms with van der Waals surface area (Å²) in [6, 6.07) is 0. The van der Waals surface area contributed by atoms with Gasteiger partial charge in [-0.25, -0.2) is 0 Å². The summed E-state index contributed by atoms with van der Waals surface area (Å²) in [5, 5.41) is 10.2. The highest BCUT2D eigenvalue weighted by atomic mass is 16.3. The van der Waals surface area contributed by atoms with Gasteiger partial charge in [-0.05, 0) is 19.8 Å². The molecule has 1 unspecified atom stereocenters. The Kier molecular flexibility index (Phi) is 4.29. The van der Waals surface area contributed by atoms with Crippen molar-refractivity contribution in [1.29, 1.82) is 0 Å². The average molecular weight is 213 g/mol. The van der Waals surface area contributed by atoms with Crippen LogP contribution in [0.25, 0.3) is 0 Å². The number of rotatable bonds is 3. The molecular weight excluding hydrogens is 190 g/mol. The molecule has 0 aliphatic heterocycles. The van der Waals surface area contributed by atoms with Crippen LogP contribution in [0.15, 0.2) is 0 Å². The van der Waals surface area contributed by atoms with E-state index < -0.39 is 11.0 Å². The van der Waals surface area contributed by atoms with Crippen molar-refractivity contribution in [3.8, 4) is 0 Å². The first-order chi connectivity index (χ1) is 7.08. The molecule has 1 aliphatic rings. The Morgan fingerprint density at radius 1 is 1.27 bits per heavy atom. The molecule has 15 heavy (non-hydrogen) atoms. The lowest BCUT2D eigenvalue weighted by atomic mass is 9.66. The quantitative estimate of drug-likeness (QED) is 0.700. The first kappa shape index (κ1) is 12.7. The zero-order valence-corrected chi connectivity index (χ0v) is 9.67. The van der Waals surface area contributed by atoms with Gasteiger partial charge in [0.15, 0.2) is 6.29 Å². The zero-order chi connectivity index (χ0) is 11.4. The summed E-state index contributed by atoms with van der Waals surface area (Å²) in [7, 11) is 0. The number of hydrogen-bond donors (Lipinski definition) is 2. The standard InChI is InChI=1S/C12H23NO2/c1-11(15,10-14)12(9-13)7-5-3-2-4-6-8-12/h10,15H,2-9,13H2,1H3. The molecule has 1 saturated carbocycles. The van der Waals surface area contributed by atoms with E-state index in [1.807, 2.05) is 0 Å². The van der Waals surface area contributed by atoms with E-state index in [0.29, 0.717) is 12.8 Å². The summed E-state index contributed by atoms with van der Waals surface area (Å²) in [5.41, 5.74) is 4.14. The van der Waals surface area contributed by atoms with Crippen LogP contribution >= 0.6 is 0 Å². The summed E-state index contributed by atoms with van der Waals surface area (Å²) in [5.74, 6) is 0. The highest BCUT2D eigenvalue weighted by molar-refractivity contribution is 5.63. The van der Waals surface area contributed by atoms with Crippen LogP contribution < -0.4 is 5.73 Å². The first-order valence-corrected chi connectivity index (χ1v) is 5.97. The van der Waals surface area contributed by atoms with E-state index in [1.54, 1.807) is 6.92 Å². The fraction of sp³-hybridized carbons (Fsp3) is 0.917. The number of carbonyl (C=O) groups is 1. The van der Waals surface area contributed by atoms with Crippen LogP contribution in [-0.4, -0.2) is 23.5 Å². The van der Waals surface area contributed by atoms with Crippen molar-refractivity contribution in [3.63, 3.8) is 0 Å². The SMILES string of the molecule is CC(O)(C=O)C1(CN)CCCCCCC1. The van der Waals surface area contributed by atoms with Crippen LogP contribution in [0.1, 0.15) is 51.9 Å². The van der Waals surface area contributed by atoms with Crippen LogP contribution in [0, 0.1) is 5.41 Å². The van der Waals surface area contributed by atoms with E-state index in [0.717, 1.165) is 25.7 Å². The van der Waals surface area contributed by atoms with E-state index in [1.165, 1.54) is 19.3 Å². The Morgan fingerprint density at radius 3 is 2.13 bits per heavy atom. The molecule has 1 aliphatic carbocycles. The van der Waals surface area contributed by atoms with Gasteiger partial charge in [0.2, 0.25) is 0 Å². The second-order valence-electron chi connectivity index (χ2n) is 5.02. The van der Waals surface area contributed by atoms with Crippen LogP contribution in [0.2, 0.25) is 0 Å². The fourth-order valence-corrected chi connectivity index (χ4v) is 2.62. The smallest absolute Gasteiger partial charge is 0.151 e. The van der Waals surface area contributed by atoms with Gasteiger partial charge in [-0.15, -0.1) is 0 Å². The lowest BCUT2D eigenvalue weighted by Crippen LogP contribution is -2.52. The van der Waals surface area contributed by atoms with Gasteiger partial charge in [0.1, 0.15) is 5.60 Å². The Morgan fingerprint density at radius 2 is 1.73 bits per heavy atom. The predicted molar refractivity (Wildman–Crippen MR) is 60.5 cm³/mol. The van der Waals surface area contributed by atoms with Crippen molar-refractivity contribution in [3.05, 3.63) is 0 Å². The summed E-state index contributed by atoms with van der Waals surface area (Å²) < 4.78 is 0. The van der Waals surface area contributed by atoms with Gasteiger partial charge in [0.05, 0.1) is 0 Å². The summed E-state index contributed by atoms with van der Waals surface area (Å²) in [4.78, 5) is 11.0. The molecule has 3 N–H and O–H groups in total. The van der Waals surface area contributed by atoms with Crippen LogP contribution in [0.4, 0.5) is 0 Å². The van der Waals surface area contributed by atoms with Gasteiger partial charge in [0.25, 0.3) is 0 Å². The summed E-state index contributed by atoms with van der Waals surface area (Å²) >= 11 is 0. The third kappa shape index (κ3) is 2.58. The largest absolute Gasteiger partial charge is 0.382 e. The Balaban J connectivity index is 2.83. The fourth-order valence-electron chi connectivity index (χ4n) is 2.62. The maximum Gasteiger partial charge on any atom is 0.151 e. The topological polar surface area (TPSA) is 63.3 Å². The number of aldehydes is 1. The van der Waals surface area contributed by atoms with Crippen LogP contribution in [-0.2, 0) is 4.79 Å². The molecule has 1 rings (SSSR count). The maximum absolute atomic E-state index is 11.0. The van der Waals surface area contributed by atoms with E-state index >= 15 is 0 Å². The number of hydrogen-bond acceptors (Lipinski definition) is 3. The molecule has 0 spiro atoms. The highest BCUT2D eigenvalue weighted by Crippen LogP contribution is 2.41. The molecule has 88 valence electrons. The monoisotopic (exact) mass is 213 g/mol. The van der Waals surface area contributed by atoms with Crippen molar-refractivity contribution in [2.75, 3.05) is 6.54 Å². The molecule has 0 aromatic heterocycles.